The molecule has 1 aromatic carbocycles. The first kappa shape index (κ1) is 17.5. The van der Waals surface area contributed by atoms with Crippen LogP contribution in [0.5, 0.6) is 0 Å². The number of amides is 1. The van der Waals surface area contributed by atoms with E-state index in [0.29, 0.717) is 18.8 Å². The number of nitrogens with zero attached hydrogens (tertiary/aromatic N) is 4. The second-order valence-corrected chi connectivity index (χ2v) is 7.31. The number of rotatable bonds is 4. The van der Waals surface area contributed by atoms with E-state index in [1.165, 1.54) is 5.56 Å². The lowest BCUT2D eigenvalue weighted by Gasteiger charge is -2.33. The second-order valence-electron chi connectivity index (χ2n) is 7.31. The lowest BCUT2D eigenvalue weighted by Crippen LogP contribution is -2.38. The van der Waals surface area contributed by atoms with Gasteiger partial charge >= 0.3 is 0 Å². The van der Waals surface area contributed by atoms with Crippen LogP contribution in [0.1, 0.15) is 65.0 Å². The summed E-state index contributed by atoms with van der Waals surface area (Å²) in [6.45, 7) is 5.36. The van der Waals surface area contributed by atoms with Crippen molar-refractivity contribution in [2.45, 2.75) is 38.6 Å². The molecule has 3 aromatic rings. The van der Waals surface area contributed by atoms with E-state index in [1.807, 2.05) is 30.4 Å². The van der Waals surface area contributed by atoms with E-state index in [0.717, 1.165) is 23.2 Å². The third-order valence-electron chi connectivity index (χ3n) is 5.47. The molecule has 0 spiro atoms. The van der Waals surface area contributed by atoms with Gasteiger partial charge in [-0.05, 0) is 23.1 Å². The van der Waals surface area contributed by atoms with Crippen LogP contribution < -0.4 is 0 Å². The summed E-state index contributed by atoms with van der Waals surface area (Å²) >= 11 is 0. The molecular weight excluding hydrogens is 340 g/mol. The molecule has 2 unspecified atom stereocenters. The van der Waals surface area contributed by atoms with E-state index >= 15 is 0 Å². The molecule has 6 heteroatoms. The molecule has 1 amide bonds. The van der Waals surface area contributed by atoms with Crippen molar-refractivity contribution in [3.63, 3.8) is 0 Å². The van der Waals surface area contributed by atoms with Crippen LogP contribution in [0.15, 0.2) is 47.2 Å². The van der Waals surface area contributed by atoms with Crippen molar-refractivity contribution in [1.82, 2.24) is 19.8 Å². The Kier molecular flexibility index (Phi) is 4.56. The topological polar surface area (TPSA) is 64.2 Å². The van der Waals surface area contributed by atoms with Gasteiger partial charge in [0.1, 0.15) is 0 Å². The maximum Gasteiger partial charge on any atom is 0.292 e. The molecule has 140 valence electrons. The van der Waals surface area contributed by atoms with E-state index in [1.54, 1.807) is 10.7 Å². The molecule has 27 heavy (non-hydrogen) atoms. The molecule has 0 saturated heterocycles. The summed E-state index contributed by atoms with van der Waals surface area (Å²) in [4.78, 5) is 14.9. The van der Waals surface area contributed by atoms with E-state index in [-0.39, 0.29) is 17.7 Å². The Hall–Kier alpha value is -2.89. The summed E-state index contributed by atoms with van der Waals surface area (Å²) in [5, 5.41) is 8.40. The zero-order chi connectivity index (χ0) is 19.0. The van der Waals surface area contributed by atoms with Gasteiger partial charge in [-0.1, -0.05) is 43.3 Å². The van der Waals surface area contributed by atoms with Gasteiger partial charge < -0.3 is 9.42 Å². The predicted molar refractivity (Wildman–Crippen MR) is 101 cm³/mol. The average molecular weight is 364 g/mol. The summed E-state index contributed by atoms with van der Waals surface area (Å²) in [7, 11) is 1.91. The Bertz CT molecular complexity index is 959. The molecule has 2 atom stereocenters. The number of carbonyl (C=O) groups is 1. The normalized spacial score (nSPS) is 17.6. The molecule has 0 radical (unpaired) electrons. The second kappa shape index (κ2) is 7.02. The van der Waals surface area contributed by atoms with Gasteiger partial charge in [0.2, 0.25) is 5.76 Å². The standard InChI is InChI=1S/C21H24N4O2/c1-4-14(2)19-9-20(27-23-19)21(26)25-12-15-7-5-6-8-17(15)18(13-25)16-10-22-24(3)11-16/h5-11,14,18H,4,12-13H2,1-3H3. The lowest BCUT2D eigenvalue weighted by atomic mass is 9.86. The van der Waals surface area contributed by atoms with Crippen LogP contribution in [-0.4, -0.2) is 32.3 Å². The Morgan fingerprint density at radius 2 is 2.19 bits per heavy atom. The van der Waals surface area contributed by atoms with Crippen LogP contribution in [0.25, 0.3) is 0 Å². The number of hydrogen-bond donors (Lipinski definition) is 0. The number of benzene rings is 1. The monoisotopic (exact) mass is 364 g/mol. The van der Waals surface area contributed by atoms with Gasteiger partial charge in [0, 0.05) is 44.2 Å². The molecule has 0 fully saturated rings. The molecule has 0 bridgehead atoms. The minimum absolute atomic E-state index is 0.101. The Balaban J connectivity index is 1.64. The molecule has 0 N–H and O–H groups in total. The number of hydrogen-bond acceptors (Lipinski definition) is 4. The zero-order valence-electron chi connectivity index (χ0n) is 15.9. The van der Waals surface area contributed by atoms with Crippen molar-refractivity contribution in [2.24, 2.45) is 7.05 Å². The highest BCUT2D eigenvalue weighted by atomic mass is 16.5. The number of aryl methyl sites for hydroxylation is 1. The molecule has 6 nitrogen and oxygen atoms in total. The van der Waals surface area contributed by atoms with E-state index in [9.17, 15) is 4.79 Å². The van der Waals surface area contributed by atoms with Gasteiger partial charge in [-0.2, -0.15) is 5.10 Å². The van der Waals surface area contributed by atoms with Crippen LogP contribution >= 0.6 is 0 Å². The maximum absolute atomic E-state index is 13.1. The maximum atomic E-state index is 13.1. The van der Waals surface area contributed by atoms with E-state index in [2.05, 4.69) is 42.3 Å². The minimum atomic E-state index is -0.111. The van der Waals surface area contributed by atoms with Crippen LogP contribution in [0.4, 0.5) is 0 Å². The van der Waals surface area contributed by atoms with Crippen molar-refractivity contribution in [3.8, 4) is 0 Å². The number of aromatic nitrogens is 3. The van der Waals surface area contributed by atoms with Crippen molar-refractivity contribution in [2.75, 3.05) is 6.54 Å². The van der Waals surface area contributed by atoms with Crippen LogP contribution in [0.2, 0.25) is 0 Å². The molecule has 4 rings (SSSR count). The summed E-state index contributed by atoms with van der Waals surface area (Å²) in [6, 6.07) is 10.1. The smallest absolute Gasteiger partial charge is 0.292 e. The first-order valence-electron chi connectivity index (χ1n) is 9.39. The predicted octanol–water partition coefficient (Wildman–Crippen LogP) is 3.71. The highest BCUT2D eigenvalue weighted by molar-refractivity contribution is 5.91. The van der Waals surface area contributed by atoms with Crippen molar-refractivity contribution in [1.29, 1.82) is 0 Å². The molecule has 1 aliphatic rings. The Labute approximate surface area is 158 Å². The Morgan fingerprint density at radius 3 is 2.93 bits per heavy atom. The third kappa shape index (κ3) is 3.27. The van der Waals surface area contributed by atoms with Crippen LogP contribution in [0.3, 0.4) is 0 Å². The van der Waals surface area contributed by atoms with E-state index < -0.39 is 0 Å². The first-order chi connectivity index (χ1) is 13.1. The van der Waals surface area contributed by atoms with Gasteiger partial charge in [0.25, 0.3) is 5.91 Å². The largest absolute Gasteiger partial charge is 0.351 e. The van der Waals surface area contributed by atoms with Gasteiger partial charge in [0.15, 0.2) is 0 Å². The van der Waals surface area contributed by atoms with Crippen LogP contribution in [-0.2, 0) is 13.6 Å². The Morgan fingerprint density at radius 1 is 1.37 bits per heavy atom. The van der Waals surface area contributed by atoms with Crippen molar-refractivity contribution >= 4 is 5.91 Å². The lowest BCUT2D eigenvalue weighted by molar-refractivity contribution is 0.0682. The van der Waals surface area contributed by atoms with Crippen LogP contribution in [0, 0.1) is 0 Å². The fourth-order valence-corrected chi connectivity index (χ4v) is 3.65. The zero-order valence-corrected chi connectivity index (χ0v) is 15.9. The van der Waals surface area contributed by atoms with Crippen molar-refractivity contribution in [3.05, 3.63) is 70.9 Å². The molecular formula is C21H24N4O2. The fraction of sp³-hybridized carbons (Fsp3) is 0.381. The summed E-state index contributed by atoms with van der Waals surface area (Å²) < 4.78 is 7.18. The summed E-state index contributed by atoms with van der Waals surface area (Å²) in [5.74, 6) is 0.583. The highest BCUT2D eigenvalue weighted by Gasteiger charge is 2.32. The molecule has 1 aliphatic heterocycles. The quantitative estimate of drug-likeness (QED) is 0.708. The molecule has 0 aliphatic carbocycles. The first-order valence-corrected chi connectivity index (χ1v) is 9.39. The summed E-state index contributed by atoms with van der Waals surface area (Å²) in [6.07, 6.45) is 4.86. The number of fused-ring (bicyclic) bond motifs is 1. The van der Waals surface area contributed by atoms with Gasteiger partial charge in [0.05, 0.1) is 11.9 Å². The van der Waals surface area contributed by atoms with E-state index in [4.69, 9.17) is 4.52 Å². The minimum Gasteiger partial charge on any atom is -0.351 e. The average Bonchev–Trinajstić information content (AvgIpc) is 3.35. The summed E-state index contributed by atoms with van der Waals surface area (Å²) in [5.41, 5.74) is 4.36. The van der Waals surface area contributed by atoms with Gasteiger partial charge in [-0.15, -0.1) is 0 Å². The molecule has 3 heterocycles. The highest BCUT2D eigenvalue weighted by Crippen LogP contribution is 2.34. The van der Waals surface area contributed by atoms with Gasteiger partial charge in [-0.25, -0.2) is 0 Å². The molecule has 0 saturated carbocycles. The fourth-order valence-electron chi connectivity index (χ4n) is 3.65. The van der Waals surface area contributed by atoms with Crippen molar-refractivity contribution < 1.29 is 9.32 Å². The third-order valence-corrected chi connectivity index (χ3v) is 5.47. The number of carbonyl (C=O) groups excluding carboxylic acids is 1. The molecule has 2 aromatic heterocycles. The van der Waals surface area contributed by atoms with Gasteiger partial charge in [-0.3, -0.25) is 9.48 Å². The SMILES string of the molecule is CCC(C)c1cc(C(=O)N2Cc3ccccc3C(c3cnn(C)c3)C2)on1.